The standard InChI is InChI=1S/C20H22N4O4/c1-4-23(3)20(27)17(25)7-5-13-6-8-18-16(9-13)24-15(12(2)11-28-18)10-14(22-24)19(21)26/h6,8-10,12,17,25H,4,11H2,1-3H3,(H2,21,26). The van der Waals surface area contributed by atoms with Crippen LogP contribution in [0.5, 0.6) is 5.75 Å². The highest BCUT2D eigenvalue weighted by Gasteiger charge is 2.24. The molecule has 0 bridgehead atoms. The second kappa shape index (κ2) is 7.74. The molecule has 0 radical (unpaired) electrons. The molecule has 3 N–H and O–H groups in total. The number of nitrogens with two attached hydrogens (primary N) is 1. The summed E-state index contributed by atoms with van der Waals surface area (Å²) in [6.45, 7) is 4.69. The summed E-state index contributed by atoms with van der Waals surface area (Å²) >= 11 is 0. The Kier molecular flexibility index (Phi) is 5.38. The van der Waals surface area contributed by atoms with Gasteiger partial charge in [0.1, 0.15) is 11.4 Å². The number of carbonyl (C=O) groups is 2. The second-order valence-corrected chi connectivity index (χ2v) is 6.65. The summed E-state index contributed by atoms with van der Waals surface area (Å²) in [6, 6.07) is 6.88. The van der Waals surface area contributed by atoms with Crippen LogP contribution < -0.4 is 10.5 Å². The fraction of sp³-hybridized carbons (Fsp3) is 0.350. The first-order valence-corrected chi connectivity index (χ1v) is 8.93. The quantitative estimate of drug-likeness (QED) is 0.758. The molecule has 1 aliphatic heterocycles. The summed E-state index contributed by atoms with van der Waals surface area (Å²) in [7, 11) is 1.60. The van der Waals surface area contributed by atoms with Crippen molar-refractivity contribution in [1.29, 1.82) is 0 Å². The molecule has 2 unspecified atom stereocenters. The van der Waals surface area contributed by atoms with Crippen LogP contribution in [0.25, 0.3) is 5.69 Å². The summed E-state index contributed by atoms with van der Waals surface area (Å²) in [4.78, 5) is 24.9. The molecule has 1 aromatic heterocycles. The van der Waals surface area contributed by atoms with Gasteiger partial charge in [0.2, 0.25) is 0 Å². The molecule has 2 aromatic rings. The van der Waals surface area contributed by atoms with E-state index in [1.165, 1.54) is 4.90 Å². The molecule has 28 heavy (non-hydrogen) atoms. The van der Waals surface area contributed by atoms with Gasteiger partial charge in [-0.3, -0.25) is 9.59 Å². The molecule has 3 rings (SSSR count). The van der Waals surface area contributed by atoms with Crippen molar-refractivity contribution in [3.05, 3.63) is 41.2 Å². The van der Waals surface area contributed by atoms with Crippen molar-refractivity contribution in [2.24, 2.45) is 5.73 Å². The van der Waals surface area contributed by atoms with E-state index in [0.29, 0.717) is 30.2 Å². The third-order valence-corrected chi connectivity index (χ3v) is 4.61. The Morgan fingerprint density at radius 1 is 1.46 bits per heavy atom. The maximum atomic E-state index is 11.9. The number of benzene rings is 1. The number of aliphatic hydroxyl groups excluding tert-OH is 1. The number of carbonyl (C=O) groups excluding carboxylic acids is 2. The number of hydrogen-bond acceptors (Lipinski definition) is 5. The molecule has 1 aromatic carbocycles. The van der Waals surface area contributed by atoms with Crippen molar-refractivity contribution >= 4 is 11.8 Å². The zero-order valence-electron chi connectivity index (χ0n) is 16.0. The SMILES string of the molecule is CCN(C)C(=O)C(O)C#Cc1ccc2c(c1)-n1nc(C(N)=O)cc1C(C)CO2. The fourth-order valence-corrected chi connectivity index (χ4v) is 2.82. The monoisotopic (exact) mass is 382 g/mol. The van der Waals surface area contributed by atoms with Crippen LogP contribution in [0.2, 0.25) is 0 Å². The Bertz CT molecular complexity index is 986. The van der Waals surface area contributed by atoms with Crippen molar-refractivity contribution in [3.63, 3.8) is 0 Å². The molecule has 8 heteroatoms. The van der Waals surface area contributed by atoms with Crippen molar-refractivity contribution < 1.29 is 19.4 Å². The summed E-state index contributed by atoms with van der Waals surface area (Å²) in [5, 5.41) is 14.3. The second-order valence-electron chi connectivity index (χ2n) is 6.65. The number of aromatic nitrogens is 2. The maximum Gasteiger partial charge on any atom is 0.269 e. The van der Waals surface area contributed by atoms with Crippen LogP contribution in [-0.4, -0.2) is 57.9 Å². The van der Waals surface area contributed by atoms with Crippen LogP contribution >= 0.6 is 0 Å². The summed E-state index contributed by atoms with van der Waals surface area (Å²) < 4.78 is 7.46. The number of primary amides is 1. The Labute approximate surface area is 162 Å². The van der Waals surface area contributed by atoms with Crippen molar-refractivity contribution in [1.82, 2.24) is 14.7 Å². The lowest BCUT2D eigenvalue weighted by Crippen LogP contribution is -2.35. The minimum Gasteiger partial charge on any atom is -0.491 e. The number of likely N-dealkylation sites (N-methyl/N-ethyl adjacent to an activating group) is 1. The van der Waals surface area contributed by atoms with Crippen molar-refractivity contribution in [3.8, 4) is 23.3 Å². The van der Waals surface area contributed by atoms with E-state index in [2.05, 4.69) is 16.9 Å². The molecule has 0 fully saturated rings. The number of nitrogens with zero attached hydrogens (tertiary/aromatic N) is 3. The molecular formula is C20H22N4O4. The fourth-order valence-electron chi connectivity index (χ4n) is 2.82. The minimum atomic E-state index is -1.40. The molecule has 0 aliphatic carbocycles. The molecule has 8 nitrogen and oxygen atoms in total. The van der Waals surface area contributed by atoms with Crippen molar-refractivity contribution in [2.75, 3.05) is 20.2 Å². The first kappa shape index (κ1) is 19.5. The molecule has 1 aliphatic rings. The van der Waals surface area contributed by atoms with E-state index in [0.717, 1.165) is 5.69 Å². The van der Waals surface area contributed by atoms with Gasteiger partial charge in [-0.2, -0.15) is 5.10 Å². The first-order valence-electron chi connectivity index (χ1n) is 8.93. The molecule has 2 atom stereocenters. The maximum absolute atomic E-state index is 11.9. The largest absolute Gasteiger partial charge is 0.491 e. The van der Waals surface area contributed by atoms with E-state index in [-0.39, 0.29) is 11.6 Å². The molecule has 0 spiro atoms. The van der Waals surface area contributed by atoms with Crippen LogP contribution in [0.4, 0.5) is 0 Å². The lowest BCUT2D eigenvalue weighted by molar-refractivity contribution is -0.135. The molecule has 146 valence electrons. The lowest BCUT2D eigenvalue weighted by Gasteiger charge is -2.15. The molecule has 2 heterocycles. The normalized spacial score (nSPS) is 15.8. The van der Waals surface area contributed by atoms with Gasteiger partial charge >= 0.3 is 0 Å². The van der Waals surface area contributed by atoms with Gasteiger partial charge in [-0.1, -0.05) is 18.8 Å². The zero-order chi connectivity index (χ0) is 20.4. The average Bonchev–Trinajstić information content (AvgIpc) is 3.10. The van der Waals surface area contributed by atoms with E-state index in [1.807, 2.05) is 13.8 Å². The Hall–Kier alpha value is -3.31. The van der Waals surface area contributed by atoms with Crippen LogP contribution in [0.15, 0.2) is 24.3 Å². The van der Waals surface area contributed by atoms with E-state index in [4.69, 9.17) is 10.5 Å². The van der Waals surface area contributed by atoms with Crippen LogP contribution in [0.1, 0.15) is 41.5 Å². The van der Waals surface area contributed by atoms with Crippen LogP contribution in [0.3, 0.4) is 0 Å². The van der Waals surface area contributed by atoms with Gasteiger partial charge < -0.3 is 20.5 Å². The Morgan fingerprint density at radius 2 is 2.21 bits per heavy atom. The van der Waals surface area contributed by atoms with E-state index in [1.54, 1.807) is 36.0 Å². The van der Waals surface area contributed by atoms with Gasteiger partial charge in [-0.25, -0.2) is 4.68 Å². The Balaban J connectivity index is 1.99. The minimum absolute atomic E-state index is 0.00607. The topological polar surface area (TPSA) is 111 Å². The highest BCUT2D eigenvalue weighted by atomic mass is 16.5. The molecule has 0 saturated carbocycles. The van der Waals surface area contributed by atoms with Gasteiger partial charge in [0.05, 0.1) is 12.3 Å². The number of rotatable bonds is 3. The Morgan fingerprint density at radius 3 is 2.89 bits per heavy atom. The number of aliphatic hydroxyl groups is 1. The summed E-state index contributed by atoms with van der Waals surface area (Å²) in [5.41, 5.74) is 7.54. The number of hydrogen-bond donors (Lipinski definition) is 2. The zero-order valence-corrected chi connectivity index (χ0v) is 16.0. The van der Waals surface area contributed by atoms with Gasteiger partial charge in [-0.15, -0.1) is 0 Å². The van der Waals surface area contributed by atoms with Crippen molar-refractivity contribution in [2.45, 2.75) is 25.9 Å². The predicted molar refractivity (Wildman–Crippen MR) is 102 cm³/mol. The molecule has 2 amide bonds. The van der Waals surface area contributed by atoms with Gasteiger partial charge in [0.25, 0.3) is 11.8 Å². The third-order valence-electron chi connectivity index (χ3n) is 4.61. The average molecular weight is 382 g/mol. The predicted octanol–water partition coefficient (Wildman–Crippen LogP) is 0.658. The lowest BCUT2D eigenvalue weighted by atomic mass is 10.1. The highest BCUT2D eigenvalue weighted by molar-refractivity contribution is 5.91. The van der Waals surface area contributed by atoms with Gasteiger partial charge in [0.15, 0.2) is 11.8 Å². The summed E-state index contributed by atoms with van der Waals surface area (Å²) in [5.74, 6) is 4.91. The van der Waals surface area contributed by atoms with Gasteiger partial charge in [0, 0.05) is 25.1 Å². The number of amides is 2. The smallest absolute Gasteiger partial charge is 0.269 e. The van der Waals surface area contributed by atoms with E-state index in [9.17, 15) is 14.7 Å². The van der Waals surface area contributed by atoms with E-state index >= 15 is 0 Å². The van der Waals surface area contributed by atoms with Crippen LogP contribution in [-0.2, 0) is 4.79 Å². The van der Waals surface area contributed by atoms with E-state index < -0.39 is 17.9 Å². The first-order chi connectivity index (χ1) is 13.3. The molecule has 0 saturated heterocycles. The number of fused-ring (bicyclic) bond motifs is 3. The number of ether oxygens (including phenoxy) is 1. The van der Waals surface area contributed by atoms with Crippen LogP contribution in [0, 0.1) is 11.8 Å². The highest BCUT2D eigenvalue weighted by Crippen LogP contribution is 2.32. The third kappa shape index (κ3) is 3.70. The summed E-state index contributed by atoms with van der Waals surface area (Å²) in [6.07, 6.45) is -1.40. The molecular weight excluding hydrogens is 360 g/mol. The van der Waals surface area contributed by atoms with Gasteiger partial charge in [-0.05, 0) is 31.2 Å².